The molecule has 0 aromatic heterocycles. The number of hydrogen-bond acceptors (Lipinski definition) is 6. The van der Waals surface area contributed by atoms with E-state index >= 15 is 0 Å². The highest BCUT2D eigenvalue weighted by Crippen LogP contribution is 2.54. The van der Waals surface area contributed by atoms with Crippen molar-refractivity contribution in [2.24, 2.45) is 5.16 Å². The van der Waals surface area contributed by atoms with E-state index < -0.39 is 0 Å². The Morgan fingerprint density at radius 2 is 1.81 bits per heavy atom. The van der Waals surface area contributed by atoms with Crippen LogP contribution in [-0.4, -0.2) is 32.8 Å². The molecule has 8 heteroatoms. The first-order valence-electron chi connectivity index (χ1n) is 8.33. The van der Waals surface area contributed by atoms with Gasteiger partial charge < -0.3 is 23.8 Å². The summed E-state index contributed by atoms with van der Waals surface area (Å²) in [5.41, 5.74) is 2.77. The quantitative estimate of drug-likeness (QED) is 0.662. The number of halogens is 2. The standard InChI is InChI=1S/C19H17BrClNO5/c1-23-16-13(15(20)17-19(18(16)24-2)26-9-25-17)7-12-8-14(22-27-12)10-3-5-11(21)6-4-10/h3-6,12H,7-9H2,1-2H3. The Bertz CT molecular complexity index is 900. The Hall–Kier alpha value is -2.12. The Kier molecular flexibility index (Phi) is 5.06. The van der Waals surface area contributed by atoms with Gasteiger partial charge in [0, 0.05) is 23.4 Å². The van der Waals surface area contributed by atoms with Crippen molar-refractivity contribution < 1.29 is 23.8 Å². The molecule has 0 spiro atoms. The second-order valence-electron chi connectivity index (χ2n) is 6.10. The third-order valence-corrected chi connectivity index (χ3v) is 5.60. The van der Waals surface area contributed by atoms with E-state index in [1.165, 1.54) is 0 Å². The Morgan fingerprint density at radius 1 is 1.11 bits per heavy atom. The molecule has 2 aromatic carbocycles. The van der Waals surface area contributed by atoms with Crippen molar-refractivity contribution >= 4 is 33.2 Å². The zero-order valence-corrected chi connectivity index (χ0v) is 17.1. The fraction of sp³-hybridized carbons (Fsp3) is 0.316. The molecule has 2 aliphatic heterocycles. The van der Waals surface area contributed by atoms with Crippen LogP contribution in [0.3, 0.4) is 0 Å². The van der Waals surface area contributed by atoms with Gasteiger partial charge in [0.2, 0.25) is 18.3 Å². The van der Waals surface area contributed by atoms with E-state index in [0.717, 1.165) is 21.3 Å². The van der Waals surface area contributed by atoms with Gasteiger partial charge in [0.1, 0.15) is 6.10 Å². The minimum atomic E-state index is -0.133. The monoisotopic (exact) mass is 453 g/mol. The van der Waals surface area contributed by atoms with Crippen LogP contribution in [0.2, 0.25) is 5.02 Å². The first-order valence-corrected chi connectivity index (χ1v) is 9.50. The molecule has 2 aliphatic rings. The smallest absolute Gasteiger partial charge is 0.231 e. The fourth-order valence-electron chi connectivity index (χ4n) is 3.25. The van der Waals surface area contributed by atoms with Crippen molar-refractivity contribution in [1.82, 2.24) is 0 Å². The minimum absolute atomic E-state index is 0.133. The molecule has 1 atom stereocenters. The minimum Gasteiger partial charge on any atom is -0.492 e. The predicted octanol–water partition coefficient (Wildman–Crippen LogP) is 4.58. The van der Waals surface area contributed by atoms with Crippen LogP contribution in [0.5, 0.6) is 23.0 Å². The normalized spacial score (nSPS) is 17.5. The van der Waals surface area contributed by atoms with Gasteiger partial charge in [-0.3, -0.25) is 0 Å². The van der Waals surface area contributed by atoms with Crippen LogP contribution in [0.4, 0.5) is 0 Å². The van der Waals surface area contributed by atoms with E-state index in [-0.39, 0.29) is 12.9 Å². The molecule has 0 fully saturated rings. The van der Waals surface area contributed by atoms with Gasteiger partial charge in [-0.15, -0.1) is 0 Å². The van der Waals surface area contributed by atoms with E-state index in [1.54, 1.807) is 14.2 Å². The van der Waals surface area contributed by atoms with Gasteiger partial charge >= 0.3 is 0 Å². The number of nitrogens with zero attached hydrogens (tertiary/aromatic N) is 1. The Balaban J connectivity index is 1.60. The van der Waals surface area contributed by atoms with Gasteiger partial charge in [-0.1, -0.05) is 28.9 Å². The van der Waals surface area contributed by atoms with Crippen molar-refractivity contribution in [3.63, 3.8) is 0 Å². The largest absolute Gasteiger partial charge is 0.492 e. The van der Waals surface area contributed by atoms with Crippen LogP contribution in [0.1, 0.15) is 17.5 Å². The molecule has 0 bridgehead atoms. The maximum atomic E-state index is 5.96. The Morgan fingerprint density at radius 3 is 2.52 bits per heavy atom. The molecule has 0 saturated heterocycles. The molecule has 0 radical (unpaired) electrons. The summed E-state index contributed by atoms with van der Waals surface area (Å²) in [5.74, 6) is 2.26. The van der Waals surface area contributed by atoms with Gasteiger partial charge in [0.15, 0.2) is 11.5 Å². The SMILES string of the molecule is COc1c(CC2CC(c3ccc(Cl)cc3)=NO2)c(Br)c2c(c1OC)OCO2. The molecule has 0 amide bonds. The van der Waals surface area contributed by atoms with Crippen molar-refractivity contribution in [2.45, 2.75) is 18.9 Å². The maximum absolute atomic E-state index is 5.96. The van der Waals surface area contributed by atoms with E-state index in [4.69, 9.17) is 35.4 Å². The summed E-state index contributed by atoms with van der Waals surface area (Å²) >= 11 is 9.57. The van der Waals surface area contributed by atoms with Crippen LogP contribution in [-0.2, 0) is 11.3 Å². The predicted molar refractivity (Wildman–Crippen MR) is 105 cm³/mol. The lowest BCUT2D eigenvalue weighted by atomic mass is 9.99. The van der Waals surface area contributed by atoms with E-state index in [1.807, 2.05) is 24.3 Å². The summed E-state index contributed by atoms with van der Waals surface area (Å²) in [7, 11) is 3.17. The third-order valence-electron chi connectivity index (χ3n) is 4.51. The van der Waals surface area contributed by atoms with Gasteiger partial charge in [-0.05, 0) is 33.6 Å². The molecule has 0 aliphatic carbocycles. The summed E-state index contributed by atoms with van der Waals surface area (Å²) in [6.45, 7) is 0.140. The first-order chi connectivity index (χ1) is 13.1. The zero-order chi connectivity index (χ0) is 19.0. The van der Waals surface area contributed by atoms with E-state index in [2.05, 4.69) is 21.1 Å². The van der Waals surface area contributed by atoms with Crippen LogP contribution in [0, 0.1) is 0 Å². The average molecular weight is 455 g/mol. The van der Waals surface area contributed by atoms with Crippen molar-refractivity contribution in [2.75, 3.05) is 21.0 Å². The molecule has 142 valence electrons. The fourth-order valence-corrected chi connectivity index (χ4v) is 4.01. The lowest BCUT2D eigenvalue weighted by Gasteiger charge is -2.18. The van der Waals surface area contributed by atoms with E-state index in [0.29, 0.717) is 40.9 Å². The summed E-state index contributed by atoms with van der Waals surface area (Å²) in [6, 6.07) is 7.56. The summed E-state index contributed by atoms with van der Waals surface area (Å²) < 4.78 is 23.0. The molecule has 1 unspecified atom stereocenters. The lowest BCUT2D eigenvalue weighted by molar-refractivity contribution is 0.0852. The first kappa shape index (κ1) is 18.3. The summed E-state index contributed by atoms with van der Waals surface area (Å²) in [5, 5.41) is 4.93. The molecule has 6 nitrogen and oxygen atoms in total. The third kappa shape index (κ3) is 3.30. The number of oxime groups is 1. The maximum Gasteiger partial charge on any atom is 0.231 e. The molecule has 0 N–H and O–H groups in total. The van der Waals surface area contributed by atoms with Crippen molar-refractivity contribution in [3.05, 3.63) is 44.9 Å². The van der Waals surface area contributed by atoms with Gasteiger partial charge in [-0.25, -0.2) is 0 Å². The van der Waals surface area contributed by atoms with Crippen LogP contribution in [0.15, 0.2) is 33.9 Å². The van der Waals surface area contributed by atoms with Crippen LogP contribution in [0.25, 0.3) is 0 Å². The highest BCUT2D eigenvalue weighted by Gasteiger charge is 2.33. The number of methoxy groups -OCH3 is 2. The molecule has 27 heavy (non-hydrogen) atoms. The molecule has 2 heterocycles. The zero-order valence-electron chi connectivity index (χ0n) is 14.8. The van der Waals surface area contributed by atoms with E-state index in [9.17, 15) is 0 Å². The lowest BCUT2D eigenvalue weighted by Crippen LogP contribution is -2.13. The topological polar surface area (TPSA) is 58.5 Å². The number of fused-ring (bicyclic) bond motifs is 1. The van der Waals surface area contributed by atoms with Gasteiger partial charge in [-0.2, -0.15) is 0 Å². The average Bonchev–Trinajstić information content (AvgIpc) is 3.34. The highest BCUT2D eigenvalue weighted by molar-refractivity contribution is 9.10. The summed E-state index contributed by atoms with van der Waals surface area (Å²) in [4.78, 5) is 5.67. The van der Waals surface area contributed by atoms with Crippen LogP contribution >= 0.6 is 27.5 Å². The number of rotatable bonds is 5. The molecule has 4 rings (SSSR count). The van der Waals surface area contributed by atoms with Crippen molar-refractivity contribution in [3.8, 4) is 23.0 Å². The second kappa shape index (κ2) is 7.48. The highest BCUT2D eigenvalue weighted by atomic mass is 79.9. The van der Waals surface area contributed by atoms with Crippen molar-refractivity contribution in [1.29, 1.82) is 0 Å². The van der Waals surface area contributed by atoms with Gasteiger partial charge in [0.05, 0.1) is 24.4 Å². The number of benzene rings is 2. The molecular formula is C19H17BrClNO5. The Labute approximate surface area is 170 Å². The number of hydrogen-bond donors (Lipinski definition) is 0. The molecule has 0 saturated carbocycles. The van der Waals surface area contributed by atoms with Gasteiger partial charge in [0.25, 0.3) is 0 Å². The van der Waals surface area contributed by atoms with Crippen LogP contribution < -0.4 is 18.9 Å². The number of ether oxygens (including phenoxy) is 4. The summed E-state index contributed by atoms with van der Waals surface area (Å²) in [6.07, 6.45) is 1.11. The molecule has 2 aromatic rings. The molecular weight excluding hydrogens is 438 g/mol. The second-order valence-corrected chi connectivity index (χ2v) is 7.33.